The Bertz CT molecular complexity index is 184. The van der Waals surface area contributed by atoms with Gasteiger partial charge in [0, 0.05) is 29.3 Å². The van der Waals surface area contributed by atoms with Crippen LogP contribution < -0.4 is 3.53 Å². The third-order valence-corrected chi connectivity index (χ3v) is 2.12. The van der Waals surface area contributed by atoms with Crippen molar-refractivity contribution in [1.82, 2.24) is 3.53 Å². The van der Waals surface area contributed by atoms with Crippen molar-refractivity contribution in [2.45, 2.75) is 19.4 Å². The van der Waals surface area contributed by atoms with Crippen LogP contribution in [0.3, 0.4) is 0 Å². The largest absolute Gasteiger partial charge is 0.481 e. The fourth-order valence-corrected chi connectivity index (χ4v) is 1.67. The topological polar surface area (TPSA) is 86.6 Å². The Hall–Kier alpha value is -0.370. The molecule has 0 aliphatic rings. The molecule has 3 N–H and O–H groups in total. The van der Waals surface area contributed by atoms with Crippen LogP contribution in [0.2, 0.25) is 0 Å². The molecule has 0 rings (SSSR count). The van der Waals surface area contributed by atoms with Gasteiger partial charge in [-0.3, -0.25) is 9.59 Å². The van der Waals surface area contributed by atoms with Crippen molar-refractivity contribution in [3.8, 4) is 0 Å². The van der Waals surface area contributed by atoms with E-state index in [0.717, 1.165) is 0 Å². The van der Waals surface area contributed by atoms with Gasteiger partial charge in [-0.1, -0.05) is 6.92 Å². The number of hydrogen-bond acceptors (Lipinski definition) is 3. The van der Waals surface area contributed by atoms with Crippen LogP contribution in [0.15, 0.2) is 0 Å². The van der Waals surface area contributed by atoms with Gasteiger partial charge in [-0.25, -0.2) is 3.53 Å². The zero-order valence-corrected chi connectivity index (χ0v) is 8.61. The lowest BCUT2D eigenvalue weighted by Crippen LogP contribution is -2.37. The quantitative estimate of drug-likeness (QED) is 0.506. The predicted octanol–water partition coefficient (Wildman–Crippen LogP) is 0.490. The summed E-state index contributed by atoms with van der Waals surface area (Å²) in [6.07, 6.45) is -0.146. The smallest absolute Gasteiger partial charge is 0.321 e. The fourth-order valence-electron chi connectivity index (χ4n) is 0.791. The van der Waals surface area contributed by atoms with E-state index in [0.29, 0.717) is 0 Å². The number of carboxylic acid groups (broad SMARTS) is 2. The SMILES string of the molecule is C[C@H](CC(=O)O)C(NI)C(=O)O. The van der Waals surface area contributed by atoms with Crippen molar-refractivity contribution < 1.29 is 19.8 Å². The maximum atomic E-state index is 10.5. The van der Waals surface area contributed by atoms with Gasteiger partial charge < -0.3 is 10.2 Å². The van der Waals surface area contributed by atoms with Gasteiger partial charge in [-0.2, -0.15) is 0 Å². The highest BCUT2D eigenvalue weighted by Crippen LogP contribution is 2.09. The molecular weight excluding hydrogens is 277 g/mol. The molecule has 0 fully saturated rings. The molecule has 0 saturated carbocycles. The van der Waals surface area contributed by atoms with Crippen LogP contribution in [0.5, 0.6) is 0 Å². The number of nitrogens with one attached hydrogen (secondary N) is 1. The molecule has 2 atom stereocenters. The lowest BCUT2D eigenvalue weighted by Gasteiger charge is -2.15. The van der Waals surface area contributed by atoms with Gasteiger partial charge in [-0.05, 0) is 5.92 Å². The number of carbonyl (C=O) groups is 2. The van der Waals surface area contributed by atoms with Gasteiger partial charge in [0.1, 0.15) is 6.04 Å². The monoisotopic (exact) mass is 287 g/mol. The van der Waals surface area contributed by atoms with Crippen LogP contribution in [0, 0.1) is 5.92 Å². The molecule has 0 aromatic carbocycles. The summed E-state index contributed by atoms with van der Waals surface area (Å²) in [4.78, 5) is 20.7. The zero-order valence-electron chi connectivity index (χ0n) is 6.45. The molecular formula is C6H10INO4. The molecule has 70 valence electrons. The Morgan fingerprint density at radius 2 is 2.00 bits per heavy atom. The molecule has 0 aliphatic carbocycles. The highest BCUT2D eigenvalue weighted by molar-refractivity contribution is 14.1. The first-order valence-corrected chi connectivity index (χ1v) is 4.37. The Morgan fingerprint density at radius 1 is 1.50 bits per heavy atom. The minimum atomic E-state index is -1.03. The number of aliphatic carboxylic acids is 2. The predicted molar refractivity (Wildman–Crippen MR) is 50.0 cm³/mol. The van der Waals surface area contributed by atoms with Gasteiger partial charge >= 0.3 is 11.9 Å². The number of halogens is 1. The molecule has 1 unspecified atom stereocenters. The van der Waals surface area contributed by atoms with Crippen molar-refractivity contribution in [2.24, 2.45) is 5.92 Å². The second kappa shape index (κ2) is 5.31. The number of hydrogen-bond donors (Lipinski definition) is 3. The Kier molecular flexibility index (Phi) is 5.14. The lowest BCUT2D eigenvalue weighted by atomic mass is 10.00. The van der Waals surface area contributed by atoms with Crippen LogP contribution in [0.1, 0.15) is 13.3 Å². The summed E-state index contributed by atoms with van der Waals surface area (Å²) < 4.78 is 2.51. The standard InChI is InChI=1S/C6H10INO4/c1-3(2-4(9)10)5(8-7)6(11)12/h3,5,8H,2H2,1H3,(H,9,10)(H,11,12)/t3-,5?/m1/s1. The third-order valence-electron chi connectivity index (χ3n) is 1.45. The molecule has 12 heavy (non-hydrogen) atoms. The summed E-state index contributed by atoms with van der Waals surface area (Å²) >= 11 is 1.70. The molecule has 0 saturated heterocycles. The van der Waals surface area contributed by atoms with Gasteiger partial charge in [0.15, 0.2) is 0 Å². The van der Waals surface area contributed by atoms with E-state index >= 15 is 0 Å². The molecule has 0 aromatic rings. The second-order valence-electron chi connectivity index (χ2n) is 2.50. The van der Waals surface area contributed by atoms with E-state index < -0.39 is 23.9 Å². The highest BCUT2D eigenvalue weighted by Gasteiger charge is 2.24. The van der Waals surface area contributed by atoms with E-state index in [1.165, 1.54) is 0 Å². The summed E-state index contributed by atoms with van der Waals surface area (Å²) in [5.74, 6) is -2.43. The number of rotatable bonds is 5. The molecule has 0 amide bonds. The van der Waals surface area contributed by atoms with Crippen LogP contribution in [-0.4, -0.2) is 28.2 Å². The average molecular weight is 287 g/mol. The minimum absolute atomic E-state index is 0.146. The number of carboxylic acids is 2. The Balaban J connectivity index is 4.11. The Labute approximate surface area is 83.6 Å². The second-order valence-corrected chi connectivity index (χ2v) is 3.12. The fraction of sp³-hybridized carbons (Fsp3) is 0.667. The van der Waals surface area contributed by atoms with Crippen LogP contribution in [0.25, 0.3) is 0 Å². The minimum Gasteiger partial charge on any atom is -0.481 e. The van der Waals surface area contributed by atoms with Gasteiger partial charge in [-0.15, -0.1) is 0 Å². The van der Waals surface area contributed by atoms with E-state index in [1.54, 1.807) is 29.8 Å². The summed E-state index contributed by atoms with van der Waals surface area (Å²) in [5, 5.41) is 17.0. The zero-order chi connectivity index (χ0) is 9.72. The van der Waals surface area contributed by atoms with E-state index in [4.69, 9.17) is 10.2 Å². The van der Waals surface area contributed by atoms with Crippen molar-refractivity contribution >= 4 is 34.8 Å². The van der Waals surface area contributed by atoms with Crippen molar-refractivity contribution in [3.05, 3.63) is 0 Å². The molecule has 0 bridgehead atoms. The lowest BCUT2D eigenvalue weighted by molar-refractivity contribution is -0.141. The first kappa shape index (κ1) is 11.6. The maximum absolute atomic E-state index is 10.5. The van der Waals surface area contributed by atoms with Crippen LogP contribution in [0.4, 0.5) is 0 Å². The summed E-state index contributed by atoms with van der Waals surface area (Å²) in [6.45, 7) is 1.58. The summed E-state index contributed by atoms with van der Waals surface area (Å²) in [6, 6.07) is -0.804. The molecule has 6 heteroatoms. The molecule has 0 heterocycles. The highest BCUT2D eigenvalue weighted by atomic mass is 127. The van der Waals surface area contributed by atoms with Gasteiger partial charge in [0.2, 0.25) is 0 Å². The summed E-state index contributed by atoms with van der Waals surface area (Å²) in [5.41, 5.74) is 0. The molecule has 5 nitrogen and oxygen atoms in total. The summed E-state index contributed by atoms with van der Waals surface area (Å²) in [7, 11) is 0. The average Bonchev–Trinajstić information content (AvgIpc) is 1.85. The van der Waals surface area contributed by atoms with E-state index in [-0.39, 0.29) is 6.42 Å². The van der Waals surface area contributed by atoms with Crippen molar-refractivity contribution in [1.29, 1.82) is 0 Å². The molecule has 0 aliphatic heterocycles. The Morgan fingerprint density at radius 3 is 2.25 bits per heavy atom. The van der Waals surface area contributed by atoms with Crippen LogP contribution in [-0.2, 0) is 9.59 Å². The molecule has 0 aromatic heterocycles. The normalized spacial score (nSPS) is 15.2. The maximum Gasteiger partial charge on any atom is 0.321 e. The first-order valence-electron chi connectivity index (χ1n) is 3.29. The van der Waals surface area contributed by atoms with E-state index in [9.17, 15) is 9.59 Å². The van der Waals surface area contributed by atoms with E-state index in [1.807, 2.05) is 0 Å². The molecule has 0 radical (unpaired) electrons. The van der Waals surface area contributed by atoms with Gasteiger partial charge in [0.25, 0.3) is 0 Å². The van der Waals surface area contributed by atoms with Crippen molar-refractivity contribution in [2.75, 3.05) is 0 Å². The van der Waals surface area contributed by atoms with Crippen LogP contribution >= 0.6 is 22.9 Å². The van der Waals surface area contributed by atoms with Gasteiger partial charge in [0.05, 0.1) is 0 Å². The third kappa shape index (κ3) is 3.86. The molecule has 0 spiro atoms. The first-order chi connectivity index (χ1) is 5.49. The van der Waals surface area contributed by atoms with E-state index in [2.05, 4.69) is 3.53 Å². The van der Waals surface area contributed by atoms with Crippen molar-refractivity contribution in [3.63, 3.8) is 0 Å².